The molecule has 1 spiro atoms. The van der Waals surface area contributed by atoms with Crippen LogP contribution >= 0.6 is 0 Å². The van der Waals surface area contributed by atoms with Crippen LogP contribution in [0.3, 0.4) is 0 Å². The fourth-order valence-corrected chi connectivity index (χ4v) is 6.19. The topological polar surface area (TPSA) is 152 Å². The SMILES string of the molecule is CN1N(Cc2ccc(OCCN(CCO)CCO)c(F)c2F)C(=O)C(C(=O)Nc2ccc(C(F)(F)F)cc2-c2cc(C(F)(F)F)ncn2)=C(O)C12CCC2. The molecule has 2 amide bonds. The maximum atomic E-state index is 15.4. The highest BCUT2D eigenvalue weighted by Crippen LogP contribution is 2.47. The third-order valence-electron chi connectivity index (χ3n) is 9.29. The second kappa shape index (κ2) is 15.8. The van der Waals surface area contributed by atoms with Crippen molar-refractivity contribution in [2.24, 2.45) is 0 Å². The predicted molar refractivity (Wildman–Crippen MR) is 173 cm³/mol. The van der Waals surface area contributed by atoms with E-state index in [1.165, 1.54) is 12.1 Å². The van der Waals surface area contributed by atoms with Crippen LogP contribution in [0, 0.1) is 11.6 Å². The average Bonchev–Trinajstić information content (AvgIpc) is 3.08. The smallest absolute Gasteiger partial charge is 0.433 e. The van der Waals surface area contributed by atoms with Crippen LogP contribution in [-0.2, 0) is 28.5 Å². The number of halogens is 8. The van der Waals surface area contributed by atoms with E-state index in [2.05, 4.69) is 15.3 Å². The van der Waals surface area contributed by atoms with Crippen molar-refractivity contribution in [1.82, 2.24) is 24.9 Å². The number of aliphatic hydroxyl groups excluding tert-OH is 3. The molecule has 2 aromatic carbocycles. The molecule has 54 heavy (non-hydrogen) atoms. The van der Waals surface area contributed by atoms with Gasteiger partial charge in [0.2, 0.25) is 5.82 Å². The molecular formula is C34H34F8N6O6. The van der Waals surface area contributed by atoms with Crippen LogP contribution in [-0.4, -0.2) is 104 Å². The number of rotatable bonds is 13. The summed E-state index contributed by atoms with van der Waals surface area (Å²) in [6.07, 6.45) is -8.55. The first-order chi connectivity index (χ1) is 25.4. The lowest BCUT2D eigenvalue weighted by Gasteiger charge is -2.54. The average molecular weight is 775 g/mol. The summed E-state index contributed by atoms with van der Waals surface area (Å²) in [6, 6.07) is 4.38. The molecule has 1 aliphatic heterocycles. The summed E-state index contributed by atoms with van der Waals surface area (Å²) in [7, 11) is 1.39. The van der Waals surface area contributed by atoms with E-state index < -0.39 is 93.2 Å². The number of benzene rings is 2. The van der Waals surface area contributed by atoms with Crippen LogP contribution in [0.15, 0.2) is 54.1 Å². The van der Waals surface area contributed by atoms with Gasteiger partial charge in [0.25, 0.3) is 11.8 Å². The van der Waals surface area contributed by atoms with Crippen molar-refractivity contribution in [2.75, 3.05) is 51.8 Å². The van der Waals surface area contributed by atoms with Gasteiger partial charge in [-0.2, -0.15) is 30.7 Å². The normalized spacial score (nSPS) is 16.3. The molecule has 1 aromatic heterocycles. The van der Waals surface area contributed by atoms with Crippen molar-refractivity contribution in [3.05, 3.63) is 82.5 Å². The summed E-state index contributed by atoms with van der Waals surface area (Å²) < 4.78 is 117. The van der Waals surface area contributed by atoms with Crippen LogP contribution in [0.1, 0.15) is 36.1 Å². The summed E-state index contributed by atoms with van der Waals surface area (Å²) in [6.45, 7) is -0.610. The van der Waals surface area contributed by atoms with Gasteiger partial charge in [0.1, 0.15) is 30.0 Å². The van der Waals surface area contributed by atoms with Crippen molar-refractivity contribution in [3.8, 4) is 17.0 Å². The molecule has 1 aliphatic carbocycles. The number of hydrazine groups is 1. The molecule has 2 aliphatic rings. The Hall–Kier alpha value is -4.92. The molecule has 4 N–H and O–H groups in total. The lowest BCUT2D eigenvalue weighted by atomic mass is 9.72. The molecule has 1 fully saturated rings. The summed E-state index contributed by atoms with van der Waals surface area (Å²) in [4.78, 5) is 36.1. The second-order valence-electron chi connectivity index (χ2n) is 12.5. The molecule has 0 bridgehead atoms. The van der Waals surface area contributed by atoms with Crippen molar-refractivity contribution in [2.45, 2.75) is 43.7 Å². The summed E-state index contributed by atoms with van der Waals surface area (Å²) in [5.74, 6) is -6.49. The molecule has 5 rings (SSSR count). The molecule has 3 aromatic rings. The molecule has 0 saturated heterocycles. The van der Waals surface area contributed by atoms with Gasteiger partial charge in [0.15, 0.2) is 11.6 Å². The lowest BCUT2D eigenvalue weighted by molar-refractivity contribution is -0.172. The number of anilines is 1. The lowest BCUT2D eigenvalue weighted by Crippen LogP contribution is -2.65. The van der Waals surface area contributed by atoms with Gasteiger partial charge in [-0.15, -0.1) is 0 Å². The summed E-state index contributed by atoms with van der Waals surface area (Å²) in [5.41, 5.74) is -7.14. The number of carbonyl (C=O) groups is 2. The zero-order valence-corrected chi connectivity index (χ0v) is 28.4. The summed E-state index contributed by atoms with van der Waals surface area (Å²) >= 11 is 0. The van der Waals surface area contributed by atoms with Gasteiger partial charge in [-0.25, -0.2) is 19.4 Å². The van der Waals surface area contributed by atoms with Crippen molar-refractivity contribution in [3.63, 3.8) is 0 Å². The van der Waals surface area contributed by atoms with Crippen LogP contribution in [0.5, 0.6) is 5.75 Å². The van der Waals surface area contributed by atoms with Gasteiger partial charge in [-0.05, 0) is 49.6 Å². The maximum Gasteiger partial charge on any atom is 0.433 e. The first-order valence-corrected chi connectivity index (χ1v) is 16.4. The molecule has 0 unspecified atom stereocenters. The third-order valence-corrected chi connectivity index (χ3v) is 9.29. The summed E-state index contributed by atoms with van der Waals surface area (Å²) in [5, 5.41) is 34.0. The van der Waals surface area contributed by atoms with Gasteiger partial charge < -0.3 is 25.4 Å². The van der Waals surface area contributed by atoms with Crippen molar-refractivity contribution < 1.29 is 64.8 Å². The molecule has 292 valence electrons. The fraction of sp³-hybridized carbons (Fsp3) is 0.412. The Kier molecular flexibility index (Phi) is 11.8. The van der Waals surface area contributed by atoms with E-state index >= 15 is 8.78 Å². The number of alkyl halides is 6. The number of aliphatic hydroxyl groups is 3. The number of likely N-dealkylation sites (N-methyl/N-ethyl adjacent to an activating group) is 1. The Morgan fingerprint density at radius 2 is 1.65 bits per heavy atom. The van der Waals surface area contributed by atoms with E-state index in [-0.39, 0.29) is 57.9 Å². The number of aromatic nitrogens is 2. The minimum Gasteiger partial charge on any atom is -0.509 e. The minimum atomic E-state index is -5.00. The highest BCUT2D eigenvalue weighted by Gasteiger charge is 2.55. The number of nitrogens with zero attached hydrogens (tertiary/aromatic N) is 5. The number of amides is 2. The van der Waals surface area contributed by atoms with Crippen LogP contribution in [0.4, 0.5) is 40.8 Å². The molecule has 1 saturated carbocycles. The van der Waals surface area contributed by atoms with E-state index in [0.29, 0.717) is 30.9 Å². The molecule has 20 heteroatoms. The van der Waals surface area contributed by atoms with Crippen LogP contribution in [0.2, 0.25) is 0 Å². The second-order valence-corrected chi connectivity index (χ2v) is 12.5. The molecule has 0 radical (unpaired) electrons. The van der Waals surface area contributed by atoms with E-state index in [1.807, 2.05) is 0 Å². The monoisotopic (exact) mass is 774 g/mol. The van der Waals surface area contributed by atoms with Crippen LogP contribution in [0.25, 0.3) is 11.3 Å². The zero-order chi connectivity index (χ0) is 39.6. The quantitative estimate of drug-likeness (QED) is 0.142. The van der Waals surface area contributed by atoms with Crippen LogP contribution < -0.4 is 10.1 Å². The van der Waals surface area contributed by atoms with E-state index in [4.69, 9.17) is 14.9 Å². The first-order valence-electron chi connectivity index (χ1n) is 16.4. The maximum absolute atomic E-state index is 15.4. The largest absolute Gasteiger partial charge is 0.509 e. The number of hydrogen-bond acceptors (Lipinski definition) is 10. The molecular weight excluding hydrogens is 740 g/mol. The Bertz CT molecular complexity index is 1910. The van der Waals surface area contributed by atoms with Crippen molar-refractivity contribution >= 4 is 17.5 Å². The van der Waals surface area contributed by atoms with Gasteiger partial charge in [-0.3, -0.25) is 19.5 Å². The molecule has 0 atom stereocenters. The van der Waals surface area contributed by atoms with E-state index in [0.717, 1.165) is 23.2 Å². The molecule has 2 heterocycles. The number of hydrogen-bond donors (Lipinski definition) is 4. The number of carbonyl (C=O) groups excluding carboxylic acids is 2. The number of nitrogens with one attached hydrogen (secondary N) is 1. The first kappa shape index (κ1) is 40.3. The van der Waals surface area contributed by atoms with Gasteiger partial charge in [0.05, 0.1) is 42.2 Å². The van der Waals surface area contributed by atoms with E-state index in [9.17, 15) is 41.0 Å². The Labute approximate surface area is 302 Å². The zero-order valence-electron chi connectivity index (χ0n) is 28.4. The Balaban J connectivity index is 1.44. The highest BCUT2D eigenvalue weighted by molar-refractivity contribution is 6.24. The van der Waals surface area contributed by atoms with Crippen molar-refractivity contribution in [1.29, 1.82) is 0 Å². The van der Waals surface area contributed by atoms with Gasteiger partial charge >= 0.3 is 12.4 Å². The molecule has 12 nitrogen and oxygen atoms in total. The number of ether oxygens (including phenoxy) is 1. The predicted octanol–water partition coefficient (Wildman–Crippen LogP) is 4.69. The third kappa shape index (κ3) is 8.10. The Morgan fingerprint density at radius 1 is 0.963 bits per heavy atom. The van der Waals surface area contributed by atoms with Gasteiger partial charge in [0, 0.05) is 37.8 Å². The highest BCUT2D eigenvalue weighted by atomic mass is 19.4. The Morgan fingerprint density at radius 3 is 2.24 bits per heavy atom. The standard InChI is InChI=1S/C34H34F8N6O6/c1-46-32(7-2-8-32)29(51)26(31(53)48(46)17-19-3-6-24(28(36)27(19)35)54-14-11-47(9-12-49)10-13-50)30(52)45-22-5-4-20(33(37,38)39)15-21(22)23-16-25(34(40,41)42)44-18-43-23/h3-6,15-16,18,49-51H,2,7-14,17H2,1H3,(H,45,52). The van der Waals surface area contributed by atoms with Gasteiger partial charge in [-0.1, -0.05) is 6.07 Å². The van der Waals surface area contributed by atoms with E-state index in [1.54, 1.807) is 4.90 Å². The fourth-order valence-electron chi connectivity index (χ4n) is 6.19. The minimum absolute atomic E-state index is 0.129.